The van der Waals surface area contributed by atoms with Gasteiger partial charge in [0.05, 0.1) is 29.8 Å². The smallest absolute Gasteiger partial charge is 0.265 e. The molecule has 5 rings (SSSR count). The molecule has 1 amide bonds. The second-order valence-electron chi connectivity index (χ2n) is 9.00. The number of nitrogens with zero attached hydrogens (tertiary/aromatic N) is 3. The third-order valence-corrected chi connectivity index (χ3v) is 6.60. The molecule has 0 spiro atoms. The molecule has 1 atom stereocenters. The Hall–Kier alpha value is -3.97. The van der Waals surface area contributed by atoms with Crippen molar-refractivity contribution in [2.45, 2.75) is 32.4 Å². The fourth-order valence-electron chi connectivity index (χ4n) is 4.78. The largest absolute Gasteiger partial charge is 0.496 e. The molecule has 1 aliphatic heterocycles. The van der Waals surface area contributed by atoms with Gasteiger partial charge in [-0.2, -0.15) is 0 Å². The fraction of sp³-hybridized carbons (Fsp3) is 0.276. The number of amides is 1. The number of aryl methyl sites for hydroxylation is 1. The molecule has 0 N–H and O–H groups in total. The van der Waals surface area contributed by atoms with Crippen LogP contribution in [0.25, 0.3) is 16.6 Å². The van der Waals surface area contributed by atoms with Crippen molar-refractivity contribution < 1.29 is 14.3 Å². The van der Waals surface area contributed by atoms with E-state index >= 15 is 0 Å². The van der Waals surface area contributed by atoms with Crippen LogP contribution in [0.2, 0.25) is 0 Å². The second kappa shape index (κ2) is 10.3. The molecule has 0 bridgehead atoms. The minimum absolute atomic E-state index is 0.0211. The van der Waals surface area contributed by atoms with Crippen LogP contribution in [0.5, 0.6) is 5.75 Å². The molecule has 1 unspecified atom stereocenters. The molecule has 4 aromatic rings. The van der Waals surface area contributed by atoms with E-state index in [2.05, 4.69) is 4.98 Å². The number of carbonyl (C=O) groups excluding carboxylic acids is 1. The predicted molar refractivity (Wildman–Crippen MR) is 139 cm³/mol. The zero-order chi connectivity index (χ0) is 25.1. The number of hydrogen-bond donors (Lipinski definition) is 0. The van der Waals surface area contributed by atoms with Crippen molar-refractivity contribution in [3.05, 3.63) is 100 Å². The maximum atomic E-state index is 13.6. The number of methoxy groups -OCH3 is 1. The van der Waals surface area contributed by atoms with Gasteiger partial charge in [0.1, 0.15) is 11.6 Å². The summed E-state index contributed by atoms with van der Waals surface area (Å²) in [5, 5.41) is 0.558. The second-order valence-corrected chi connectivity index (χ2v) is 9.00. The Kier molecular flexibility index (Phi) is 6.82. The van der Waals surface area contributed by atoms with Crippen molar-refractivity contribution >= 4 is 16.8 Å². The van der Waals surface area contributed by atoms with Crippen molar-refractivity contribution in [1.29, 1.82) is 0 Å². The van der Waals surface area contributed by atoms with Gasteiger partial charge in [0.15, 0.2) is 0 Å². The maximum Gasteiger partial charge on any atom is 0.265 e. The summed E-state index contributed by atoms with van der Waals surface area (Å²) in [7, 11) is 1.63. The summed E-state index contributed by atoms with van der Waals surface area (Å²) in [5.41, 5.74) is 2.69. The Morgan fingerprint density at radius 1 is 1.08 bits per heavy atom. The molecule has 0 radical (unpaired) electrons. The Morgan fingerprint density at radius 2 is 1.83 bits per heavy atom. The van der Waals surface area contributed by atoms with Crippen molar-refractivity contribution in [2.24, 2.45) is 0 Å². The van der Waals surface area contributed by atoms with Crippen LogP contribution < -0.4 is 10.3 Å². The zero-order valence-corrected chi connectivity index (χ0v) is 20.5. The number of rotatable bonds is 7. The van der Waals surface area contributed by atoms with E-state index in [9.17, 15) is 9.59 Å². The highest BCUT2D eigenvalue weighted by Crippen LogP contribution is 2.23. The number of ether oxygens (including phenoxy) is 2. The lowest BCUT2D eigenvalue weighted by Gasteiger charge is -2.26. The van der Waals surface area contributed by atoms with Crippen molar-refractivity contribution in [3.8, 4) is 11.4 Å². The first-order chi connectivity index (χ1) is 17.5. The van der Waals surface area contributed by atoms with Gasteiger partial charge < -0.3 is 14.4 Å². The highest BCUT2D eigenvalue weighted by molar-refractivity contribution is 5.94. The summed E-state index contributed by atoms with van der Waals surface area (Å²) in [6.45, 7) is 3.46. The zero-order valence-electron chi connectivity index (χ0n) is 20.5. The number of fused-ring (bicyclic) bond motifs is 1. The van der Waals surface area contributed by atoms with Gasteiger partial charge in [-0.25, -0.2) is 4.98 Å². The topological polar surface area (TPSA) is 73.7 Å². The maximum absolute atomic E-state index is 13.6. The molecular formula is C29H29N3O4. The molecule has 1 fully saturated rings. The van der Waals surface area contributed by atoms with E-state index in [1.165, 1.54) is 0 Å². The Balaban J connectivity index is 1.45. The van der Waals surface area contributed by atoms with Crippen molar-refractivity contribution in [2.75, 3.05) is 20.3 Å². The summed E-state index contributed by atoms with van der Waals surface area (Å²) in [5.74, 6) is 1.24. The molecule has 1 saturated heterocycles. The van der Waals surface area contributed by atoms with E-state index in [0.29, 0.717) is 41.1 Å². The van der Waals surface area contributed by atoms with Crippen LogP contribution in [0.1, 0.15) is 34.6 Å². The van der Waals surface area contributed by atoms with E-state index in [4.69, 9.17) is 9.47 Å². The van der Waals surface area contributed by atoms with Gasteiger partial charge in [-0.05, 0) is 62.2 Å². The van der Waals surface area contributed by atoms with Gasteiger partial charge in [-0.1, -0.05) is 30.3 Å². The number of carbonyl (C=O) groups is 1. The molecule has 1 aromatic heterocycles. The first-order valence-corrected chi connectivity index (χ1v) is 12.2. The molecule has 36 heavy (non-hydrogen) atoms. The van der Waals surface area contributed by atoms with E-state index in [1.54, 1.807) is 42.0 Å². The molecule has 0 saturated carbocycles. The van der Waals surface area contributed by atoms with Crippen LogP contribution in [0.3, 0.4) is 0 Å². The average Bonchev–Trinajstić information content (AvgIpc) is 3.42. The fourth-order valence-corrected chi connectivity index (χ4v) is 4.78. The number of para-hydroxylation sites is 2. The van der Waals surface area contributed by atoms with Gasteiger partial charge >= 0.3 is 0 Å². The molecule has 7 heteroatoms. The molecule has 3 aromatic carbocycles. The first kappa shape index (κ1) is 23.8. The van der Waals surface area contributed by atoms with Crippen LogP contribution >= 0.6 is 0 Å². The van der Waals surface area contributed by atoms with Crippen LogP contribution in [0.15, 0.2) is 77.6 Å². The summed E-state index contributed by atoms with van der Waals surface area (Å²) >= 11 is 0. The van der Waals surface area contributed by atoms with Crippen molar-refractivity contribution in [3.63, 3.8) is 0 Å². The van der Waals surface area contributed by atoms with Crippen LogP contribution in [0, 0.1) is 6.92 Å². The minimum atomic E-state index is -0.131. The highest BCUT2D eigenvalue weighted by Gasteiger charge is 2.24. The summed E-state index contributed by atoms with van der Waals surface area (Å²) in [6.07, 6.45) is 1.96. The van der Waals surface area contributed by atoms with E-state index < -0.39 is 0 Å². The van der Waals surface area contributed by atoms with E-state index in [0.717, 1.165) is 30.8 Å². The summed E-state index contributed by atoms with van der Waals surface area (Å²) in [4.78, 5) is 33.2. The molecular weight excluding hydrogens is 454 g/mol. The summed E-state index contributed by atoms with van der Waals surface area (Å²) in [6, 6.07) is 22.2. The van der Waals surface area contributed by atoms with Gasteiger partial charge in [0.25, 0.3) is 11.5 Å². The predicted octanol–water partition coefficient (Wildman–Crippen LogP) is 4.52. The van der Waals surface area contributed by atoms with E-state index in [1.807, 2.05) is 54.3 Å². The SMILES string of the molecule is COc1ccccc1CN(CC1CCCO1)C(=O)c1ccc(-n2c(C)nc3ccccc3c2=O)cc1. The summed E-state index contributed by atoms with van der Waals surface area (Å²) < 4.78 is 12.9. The average molecular weight is 484 g/mol. The standard InChI is InChI=1S/C29H29N3O4/c1-20-30-26-11-5-4-10-25(26)29(34)32(20)23-15-13-21(14-16-23)28(33)31(19-24-9-7-17-36-24)18-22-8-3-6-12-27(22)35-2/h3-6,8,10-16,24H,7,9,17-19H2,1-2H3. The molecule has 1 aliphatic rings. The molecule has 2 heterocycles. The minimum Gasteiger partial charge on any atom is -0.496 e. The Labute approximate surface area is 209 Å². The lowest BCUT2D eigenvalue weighted by atomic mass is 10.1. The van der Waals surface area contributed by atoms with Gasteiger partial charge in [0, 0.05) is 30.8 Å². The number of benzene rings is 3. The van der Waals surface area contributed by atoms with Crippen LogP contribution in [0.4, 0.5) is 0 Å². The molecule has 0 aliphatic carbocycles. The van der Waals surface area contributed by atoms with Crippen molar-refractivity contribution in [1.82, 2.24) is 14.5 Å². The van der Waals surface area contributed by atoms with Crippen LogP contribution in [-0.4, -0.2) is 46.7 Å². The Morgan fingerprint density at radius 3 is 2.58 bits per heavy atom. The monoisotopic (exact) mass is 483 g/mol. The third-order valence-electron chi connectivity index (χ3n) is 6.60. The highest BCUT2D eigenvalue weighted by atomic mass is 16.5. The quantitative estimate of drug-likeness (QED) is 0.386. The molecule has 7 nitrogen and oxygen atoms in total. The van der Waals surface area contributed by atoms with Gasteiger partial charge in [-0.3, -0.25) is 14.2 Å². The van der Waals surface area contributed by atoms with Gasteiger partial charge in [0.2, 0.25) is 0 Å². The first-order valence-electron chi connectivity index (χ1n) is 12.2. The number of hydrogen-bond acceptors (Lipinski definition) is 5. The van der Waals surface area contributed by atoms with Gasteiger partial charge in [-0.15, -0.1) is 0 Å². The third kappa shape index (κ3) is 4.75. The van der Waals surface area contributed by atoms with E-state index in [-0.39, 0.29) is 17.6 Å². The normalized spacial score (nSPS) is 15.2. The van der Waals surface area contributed by atoms with Crippen LogP contribution in [-0.2, 0) is 11.3 Å². The lowest BCUT2D eigenvalue weighted by Crippen LogP contribution is -2.37. The molecule has 184 valence electrons. The lowest BCUT2D eigenvalue weighted by molar-refractivity contribution is 0.0505. The Bertz CT molecular complexity index is 1440. The number of aromatic nitrogens is 2.